The highest BCUT2D eigenvalue weighted by molar-refractivity contribution is 9.10. The van der Waals surface area contributed by atoms with Crippen LogP contribution in [0.3, 0.4) is 0 Å². The van der Waals surface area contributed by atoms with E-state index in [-0.39, 0.29) is 36.5 Å². The molecule has 10 heteroatoms. The first-order valence-electron chi connectivity index (χ1n) is 12.7. The van der Waals surface area contributed by atoms with Gasteiger partial charge in [0.1, 0.15) is 16.0 Å². The molecule has 9 nitrogen and oxygen atoms in total. The summed E-state index contributed by atoms with van der Waals surface area (Å²) in [4.78, 5) is 46.4. The average Bonchev–Trinajstić information content (AvgIpc) is 3.24. The molecule has 0 bridgehead atoms. The molecule has 1 aliphatic rings. The van der Waals surface area contributed by atoms with Gasteiger partial charge in [0, 0.05) is 25.8 Å². The molecule has 0 atom stereocenters. The Labute approximate surface area is 234 Å². The number of carbonyl (C=O) groups is 2. The van der Waals surface area contributed by atoms with E-state index in [0.717, 1.165) is 5.56 Å². The largest absolute Gasteiger partial charge is 0.491 e. The van der Waals surface area contributed by atoms with Crippen LogP contribution in [0, 0.1) is 0 Å². The topological polar surface area (TPSA) is 98.5 Å². The van der Waals surface area contributed by atoms with E-state index in [9.17, 15) is 14.4 Å². The molecule has 5 rings (SSSR count). The summed E-state index contributed by atoms with van der Waals surface area (Å²) in [5.41, 5.74) is 2.27. The van der Waals surface area contributed by atoms with Crippen LogP contribution in [-0.2, 0) is 19.6 Å². The summed E-state index contributed by atoms with van der Waals surface area (Å²) in [7, 11) is 0. The molecule has 4 aromatic rings. The third-order valence-electron chi connectivity index (χ3n) is 6.42. The lowest BCUT2D eigenvalue weighted by molar-refractivity contribution is 0.0706. The second-order valence-corrected chi connectivity index (χ2v) is 10.3. The highest BCUT2D eigenvalue weighted by Crippen LogP contribution is 2.23. The van der Waals surface area contributed by atoms with Gasteiger partial charge in [0.2, 0.25) is 0 Å². The molecule has 0 unspecified atom stereocenters. The molecule has 39 heavy (non-hydrogen) atoms. The number of imidazole rings is 1. The summed E-state index contributed by atoms with van der Waals surface area (Å²) in [5.74, 6) is 0.0554. The van der Waals surface area contributed by atoms with Gasteiger partial charge in [-0.2, -0.15) is 0 Å². The van der Waals surface area contributed by atoms with E-state index in [4.69, 9.17) is 4.74 Å². The van der Waals surface area contributed by atoms with Crippen LogP contribution in [0.15, 0.2) is 82.3 Å². The van der Waals surface area contributed by atoms with Crippen molar-refractivity contribution in [3.8, 4) is 11.4 Å². The smallest absolute Gasteiger partial charge is 0.333 e. The van der Waals surface area contributed by atoms with Crippen LogP contribution in [0.5, 0.6) is 5.75 Å². The Morgan fingerprint density at radius 3 is 2.44 bits per heavy atom. The van der Waals surface area contributed by atoms with Crippen molar-refractivity contribution in [1.82, 2.24) is 24.3 Å². The molecule has 2 amide bonds. The standard InChI is InChI=1S/C29H28BrN5O4/c1-19(2)39-23-11-9-22(10-12-23)35-26(27(36)32-16-20-6-4-3-5-7-20)24-18-33(14-15-34(24)29(35)38)28(37)21-8-13-25(30)31-17-21/h3-13,17,19H,14-16,18H2,1-2H3,(H,32,36). The van der Waals surface area contributed by atoms with Gasteiger partial charge < -0.3 is 15.0 Å². The highest BCUT2D eigenvalue weighted by atomic mass is 79.9. The van der Waals surface area contributed by atoms with Gasteiger partial charge in [-0.15, -0.1) is 0 Å². The molecule has 0 saturated heterocycles. The van der Waals surface area contributed by atoms with Gasteiger partial charge in [-0.05, 0) is 71.7 Å². The van der Waals surface area contributed by atoms with Crippen molar-refractivity contribution in [1.29, 1.82) is 0 Å². The van der Waals surface area contributed by atoms with E-state index in [0.29, 0.717) is 40.4 Å². The molecule has 3 heterocycles. The average molecular weight is 590 g/mol. The number of amides is 2. The van der Waals surface area contributed by atoms with E-state index >= 15 is 0 Å². The summed E-state index contributed by atoms with van der Waals surface area (Å²) >= 11 is 3.29. The monoisotopic (exact) mass is 589 g/mol. The second kappa shape index (κ2) is 11.3. The highest BCUT2D eigenvalue weighted by Gasteiger charge is 2.32. The molecule has 0 radical (unpaired) electrons. The molecule has 1 N–H and O–H groups in total. The number of nitrogens with zero attached hydrogens (tertiary/aromatic N) is 4. The number of pyridine rings is 1. The predicted octanol–water partition coefficient (Wildman–Crippen LogP) is 4.17. The molecule has 0 saturated carbocycles. The third-order valence-corrected chi connectivity index (χ3v) is 6.89. The third kappa shape index (κ3) is 5.65. The summed E-state index contributed by atoms with van der Waals surface area (Å²) in [6.45, 7) is 4.88. The maximum atomic E-state index is 13.7. The zero-order valence-corrected chi connectivity index (χ0v) is 23.2. The number of hydrogen-bond acceptors (Lipinski definition) is 5. The number of hydrogen-bond donors (Lipinski definition) is 1. The van der Waals surface area contributed by atoms with Gasteiger partial charge in [-0.3, -0.25) is 18.7 Å². The van der Waals surface area contributed by atoms with Crippen molar-refractivity contribution < 1.29 is 14.3 Å². The normalized spacial score (nSPS) is 12.8. The predicted molar refractivity (Wildman–Crippen MR) is 150 cm³/mol. The number of aromatic nitrogens is 3. The van der Waals surface area contributed by atoms with Crippen LogP contribution in [-0.4, -0.2) is 43.5 Å². The van der Waals surface area contributed by atoms with Crippen LogP contribution in [0.1, 0.15) is 46.0 Å². The van der Waals surface area contributed by atoms with Crippen molar-refractivity contribution in [2.75, 3.05) is 6.54 Å². The summed E-state index contributed by atoms with van der Waals surface area (Å²) in [5, 5.41) is 2.95. The maximum Gasteiger partial charge on any atom is 0.333 e. The summed E-state index contributed by atoms with van der Waals surface area (Å²) in [6.07, 6.45) is 1.51. The molecular weight excluding hydrogens is 562 g/mol. The van der Waals surface area contributed by atoms with Crippen molar-refractivity contribution in [2.24, 2.45) is 0 Å². The first kappa shape index (κ1) is 26.4. The number of fused-ring (bicyclic) bond motifs is 1. The Morgan fingerprint density at radius 1 is 1.03 bits per heavy atom. The minimum Gasteiger partial charge on any atom is -0.491 e. The molecule has 0 spiro atoms. The van der Waals surface area contributed by atoms with Crippen LogP contribution in [0.25, 0.3) is 5.69 Å². The van der Waals surface area contributed by atoms with Crippen LogP contribution in [0.4, 0.5) is 0 Å². The molecule has 200 valence electrons. The Morgan fingerprint density at radius 2 is 1.77 bits per heavy atom. The number of rotatable bonds is 7. The zero-order chi connectivity index (χ0) is 27.5. The van der Waals surface area contributed by atoms with Gasteiger partial charge >= 0.3 is 5.69 Å². The van der Waals surface area contributed by atoms with E-state index in [1.807, 2.05) is 44.2 Å². The number of nitrogens with one attached hydrogen (secondary N) is 1. The van der Waals surface area contributed by atoms with Crippen molar-refractivity contribution in [2.45, 2.75) is 39.6 Å². The van der Waals surface area contributed by atoms with Gasteiger partial charge in [0.05, 0.1) is 29.6 Å². The number of benzene rings is 2. The van der Waals surface area contributed by atoms with E-state index in [1.165, 1.54) is 10.8 Å². The van der Waals surface area contributed by atoms with Crippen molar-refractivity contribution >= 4 is 27.7 Å². The SMILES string of the molecule is CC(C)Oc1ccc(-n2c(C(=O)NCc3ccccc3)c3n(c2=O)CCN(C(=O)c2ccc(Br)nc2)C3)cc1. The molecule has 2 aromatic heterocycles. The van der Waals surface area contributed by atoms with Gasteiger partial charge in [-0.25, -0.2) is 9.78 Å². The van der Waals surface area contributed by atoms with Crippen LogP contribution >= 0.6 is 15.9 Å². The molecule has 2 aromatic carbocycles. The Hall–Kier alpha value is -4.18. The number of ether oxygens (including phenoxy) is 1. The number of carbonyl (C=O) groups excluding carboxylic acids is 2. The Kier molecular flexibility index (Phi) is 7.65. The lowest BCUT2D eigenvalue weighted by Gasteiger charge is -2.28. The lowest BCUT2D eigenvalue weighted by Crippen LogP contribution is -2.41. The number of halogens is 1. The fourth-order valence-electron chi connectivity index (χ4n) is 4.60. The fraction of sp³-hybridized carbons (Fsp3) is 0.241. The fourth-order valence-corrected chi connectivity index (χ4v) is 4.83. The minimum absolute atomic E-state index is 0.00383. The first-order chi connectivity index (χ1) is 18.8. The molecule has 1 aliphatic heterocycles. The van der Waals surface area contributed by atoms with Crippen LogP contribution < -0.4 is 15.7 Å². The molecular formula is C29H28BrN5O4. The van der Waals surface area contributed by atoms with Gasteiger partial charge in [0.25, 0.3) is 11.8 Å². The maximum absolute atomic E-state index is 13.7. The van der Waals surface area contributed by atoms with E-state index < -0.39 is 5.91 Å². The second-order valence-electron chi connectivity index (χ2n) is 9.49. The van der Waals surface area contributed by atoms with Gasteiger partial charge in [0.15, 0.2) is 0 Å². The molecule has 0 fully saturated rings. The van der Waals surface area contributed by atoms with E-state index in [2.05, 4.69) is 26.2 Å². The van der Waals surface area contributed by atoms with Gasteiger partial charge in [-0.1, -0.05) is 30.3 Å². The van der Waals surface area contributed by atoms with Crippen molar-refractivity contribution in [3.05, 3.63) is 111 Å². The first-order valence-corrected chi connectivity index (χ1v) is 13.5. The lowest BCUT2D eigenvalue weighted by atomic mass is 10.1. The minimum atomic E-state index is -0.396. The quantitative estimate of drug-likeness (QED) is 0.326. The Balaban J connectivity index is 1.52. The zero-order valence-electron chi connectivity index (χ0n) is 21.6. The summed E-state index contributed by atoms with van der Waals surface area (Å²) in [6, 6.07) is 20.0. The molecule has 0 aliphatic carbocycles. The summed E-state index contributed by atoms with van der Waals surface area (Å²) < 4.78 is 9.38. The van der Waals surface area contributed by atoms with Crippen molar-refractivity contribution in [3.63, 3.8) is 0 Å². The van der Waals surface area contributed by atoms with Crippen LogP contribution in [0.2, 0.25) is 0 Å². The Bertz CT molecular complexity index is 1540. The van der Waals surface area contributed by atoms with E-state index in [1.54, 1.807) is 45.9 Å².